The van der Waals surface area contributed by atoms with Crippen molar-refractivity contribution in [2.75, 3.05) is 13.1 Å². The van der Waals surface area contributed by atoms with Crippen molar-refractivity contribution >= 4 is 21.8 Å². The Kier molecular flexibility index (Phi) is 3.93. The van der Waals surface area contributed by atoms with Crippen LogP contribution in [0, 0.1) is 0 Å². The Hall–Kier alpha value is -0.900. The number of carbonyl (C=O) groups is 1. The van der Waals surface area contributed by atoms with E-state index in [0.717, 1.165) is 42.4 Å². The van der Waals surface area contributed by atoms with Gasteiger partial charge in [-0.3, -0.25) is 9.78 Å². The number of amides is 1. The van der Waals surface area contributed by atoms with Gasteiger partial charge in [0.1, 0.15) is 0 Å². The zero-order chi connectivity index (χ0) is 11.4. The summed E-state index contributed by atoms with van der Waals surface area (Å²) in [4.78, 5) is 17.8. The Balaban J connectivity index is 1.87. The summed E-state index contributed by atoms with van der Waals surface area (Å²) in [6.45, 7) is 1.88. The van der Waals surface area contributed by atoms with Crippen LogP contribution < -0.4 is 0 Å². The highest BCUT2D eigenvalue weighted by Gasteiger charge is 2.17. The highest BCUT2D eigenvalue weighted by molar-refractivity contribution is 9.10. The number of pyridine rings is 1. The SMILES string of the molecule is O=C(CCc1ccncc1Br)N1CCCC1. The summed E-state index contributed by atoms with van der Waals surface area (Å²) in [5.41, 5.74) is 1.16. The Morgan fingerprint density at radius 2 is 2.19 bits per heavy atom. The van der Waals surface area contributed by atoms with Crippen LogP contribution in [-0.4, -0.2) is 28.9 Å². The van der Waals surface area contributed by atoms with Crippen molar-refractivity contribution in [2.45, 2.75) is 25.7 Å². The van der Waals surface area contributed by atoms with Gasteiger partial charge in [-0.25, -0.2) is 0 Å². The van der Waals surface area contributed by atoms with E-state index in [2.05, 4.69) is 20.9 Å². The average molecular weight is 283 g/mol. The normalized spacial score (nSPS) is 15.4. The van der Waals surface area contributed by atoms with Crippen LogP contribution in [0.1, 0.15) is 24.8 Å². The van der Waals surface area contributed by atoms with Crippen LogP contribution >= 0.6 is 15.9 Å². The van der Waals surface area contributed by atoms with Crippen molar-refractivity contribution in [1.82, 2.24) is 9.88 Å². The van der Waals surface area contributed by atoms with Crippen LogP contribution in [0.25, 0.3) is 0 Å². The molecule has 1 aliphatic heterocycles. The van der Waals surface area contributed by atoms with Crippen molar-refractivity contribution in [1.29, 1.82) is 0 Å². The van der Waals surface area contributed by atoms with Gasteiger partial charge >= 0.3 is 0 Å². The van der Waals surface area contributed by atoms with E-state index in [0.29, 0.717) is 6.42 Å². The zero-order valence-electron chi connectivity index (χ0n) is 9.16. The van der Waals surface area contributed by atoms with E-state index in [1.807, 2.05) is 11.0 Å². The molecule has 16 heavy (non-hydrogen) atoms. The van der Waals surface area contributed by atoms with Gasteiger partial charge in [-0.15, -0.1) is 0 Å². The van der Waals surface area contributed by atoms with Gasteiger partial charge in [0.25, 0.3) is 0 Å². The lowest BCUT2D eigenvalue weighted by Crippen LogP contribution is -2.27. The quantitative estimate of drug-likeness (QED) is 0.853. The Morgan fingerprint density at radius 1 is 1.44 bits per heavy atom. The topological polar surface area (TPSA) is 33.2 Å². The number of rotatable bonds is 3. The standard InChI is InChI=1S/C12H15BrN2O/c13-11-9-14-6-5-10(11)3-4-12(16)15-7-1-2-8-15/h5-6,9H,1-4,7-8H2. The minimum absolute atomic E-state index is 0.279. The molecule has 0 aromatic carbocycles. The van der Waals surface area contributed by atoms with Gasteiger partial charge in [-0.1, -0.05) is 0 Å². The molecule has 0 aliphatic carbocycles. The number of likely N-dealkylation sites (tertiary alicyclic amines) is 1. The van der Waals surface area contributed by atoms with Crippen molar-refractivity contribution in [3.63, 3.8) is 0 Å². The first kappa shape index (κ1) is 11.6. The molecule has 0 unspecified atom stereocenters. The van der Waals surface area contributed by atoms with Crippen LogP contribution in [0.2, 0.25) is 0 Å². The van der Waals surface area contributed by atoms with E-state index >= 15 is 0 Å². The summed E-state index contributed by atoms with van der Waals surface area (Å²) in [6, 6.07) is 1.96. The summed E-state index contributed by atoms with van der Waals surface area (Å²) in [5, 5.41) is 0. The van der Waals surface area contributed by atoms with E-state index in [4.69, 9.17) is 0 Å². The molecule has 3 nitrogen and oxygen atoms in total. The van der Waals surface area contributed by atoms with Crippen molar-refractivity contribution in [2.24, 2.45) is 0 Å². The van der Waals surface area contributed by atoms with E-state index in [-0.39, 0.29) is 5.91 Å². The third kappa shape index (κ3) is 2.82. The fourth-order valence-corrected chi connectivity index (χ4v) is 2.42. The van der Waals surface area contributed by atoms with Crippen LogP contribution in [0.3, 0.4) is 0 Å². The number of aromatic nitrogens is 1. The predicted octanol–water partition coefficient (Wildman–Crippen LogP) is 2.40. The highest BCUT2D eigenvalue weighted by Crippen LogP contribution is 2.17. The van der Waals surface area contributed by atoms with E-state index in [1.54, 1.807) is 12.4 Å². The Bertz CT molecular complexity index is 375. The number of nitrogens with zero attached hydrogens (tertiary/aromatic N) is 2. The molecule has 0 bridgehead atoms. The van der Waals surface area contributed by atoms with E-state index in [9.17, 15) is 4.79 Å². The van der Waals surface area contributed by atoms with E-state index < -0.39 is 0 Å². The molecule has 1 fully saturated rings. The van der Waals surface area contributed by atoms with Gasteiger partial charge in [-0.05, 0) is 46.8 Å². The fourth-order valence-electron chi connectivity index (χ4n) is 1.97. The number of hydrogen-bond donors (Lipinski definition) is 0. The molecule has 2 rings (SSSR count). The van der Waals surface area contributed by atoms with Crippen molar-refractivity contribution < 1.29 is 4.79 Å². The zero-order valence-corrected chi connectivity index (χ0v) is 10.7. The highest BCUT2D eigenvalue weighted by atomic mass is 79.9. The van der Waals surface area contributed by atoms with Gasteiger partial charge in [-0.2, -0.15) is 0 Å². The van der Waals surface area contributed by atoms with Crippen molar-refractivity contribution in [3.8, 4) is 0 Å². The molecule has 1 aromatic rings. The summed E-state index contributed by atoms with van der Waals surface area (Å²) in [6.07, 6.45) is 7.24. The third-order valence-electron chi connectivity index (χ3n) is 2.92. The lowest BCUT2D eigenvalue weighted by molar-refractivity contribution is -0.130. The molecule has 2 heterocycles. The summed E-state index contributed by atoms with van der Waals surface area (Å²) < 4.78 is 0.990. The van der Waals surface area contributed by atoms with E-state index in [1.165, 1.54) is 0 Å². The molecule has 0 atom stereocenters. The summed E-state index contributed by atoms with van der Waals surface area (Å²) in [7, 11) is 0. The Morgan fingerprint density at radius 3 is 2.88 bits per heavy atom. The molecule has 0 radical (unpaired) electrons. The van der Waals surface area contributed by atoms with Gasteiger partial charge in [0.2, 0.25) is 5.91 Å². The van der Waals surface area contributed by atoms with Gasteiger partial charge in [0.05, 0.1) is 0 Å². The number of halogens is 1. The molecule has 0 saturated carbocycles. The number of aryl methyl sites for hydroxylation is 1. The minimum atomic E-state index is 0.279. The lowest BCUT2D eigenvalue weighted by atomic mass is 10.1. The first-order valence-corrected chi connectivity index (χ1v) is 6.43. The minimum Gasteiger partial charge on any atom is -0.343 e. The molecule has 1 amide bonds. The second kappa shape index (κ2) is 5.43. The molecule has 4 heteroatoms. The van der Waals surface area contributed by atoms with Crippen LogP contribution in [-0.2, 0) is 11.2 Å². The molecule has 0 spiro atoms. The molecular formula is C12H15BrN2O. The molecule has 0 N–H and O–H groups in total. The summed E-state index contributed by atoms with van der Waals surface area (Å²) in [5.74, 6) is 0.279. The smallest absolute Gasteiger partial charge is 0.222 e. The van der Waals surface area contributed by atoms with Crippen LogP contribution in [0.5, 0.6) is 0 Å². The molecule has 1 aromatic heterocycles. The first-order valence-electron chi connectivity index (χ1n) is 5.63. The monoisotopic (exact) mass is 282 g/mol. The van der Waals surface area contributed by atoms with Gasteiger partial charge in [0.15, 0.2) is 0 Å². The summed E-state index contributed by atoms with van der Waals surface area (Å²) >= 11 is 3.44. The van der Waals surface area contributed by atoms with Crippen LogP contribution in [0.15, 0.2) is 22.9 Å². The van der Waals surface area contributed by atoms with Crippen LogP contribution in [0.4, 0.5) is 0 Å². The van der Waals surface area contributed by atoms with Crippen molar-refractivity contribution in [3.05, 3.63) is 28.5 Å². The second-order valence-corrected chi connectivity index (χ2v) is 4.91. The Labute approximate surface area is 104 Å². The maximum atomic E-state index is 11.8. The third-order valence-corrected chi connectivity index (χ3v) is 3.64. The molecule has 1 aliphatic rings. The first-order chi connectivity index (χ1) is 7.77. The molecule has 1 saturated heterocycles. The predicted molar refractivity (Wildman–Crippen MR) is 66.1 cm³/mol. The fraction of sp³-hybridized carbons (Fsp3) is 0.500. The number of carbonyl (C=O) groups excluding carboxylic acids is 1. The lowest BCUT2D eigenvalue weighted by Gasteiger charge is -2.15. The second-order valence-electron chi connectivity index (χ2n) is 4.05. The van der Waals surface area contributed by atoms with Gasteiger partial charge < -0.3 is 4.90 Å². The maximum Gasteiger partial charge on any atom is 0.222 e. The maximum absolute atomic E-state index is 11.8. The number of hydrogen-bond acceptors (Lipinski definition) is 2. The largest absolute Gasteiger partial charge is 0.343 e. The average Bonchev–Trinajstić information content (AvgIpc) is 2.81. The molecule has 86 valence electrons. The molecular weight excluding hydrogens is 268 g/mol. The van der Waals surface area contributed by atoms with Gasteiger partial charge in [0, 0.05) is 36.4 Å².